The first-order chi connectivity index (χ1) is 13.1. The van der Waals surface area contributed by atoms with Crippen molar-refractivity contribution in [2.24, 2.45) is 0 Å². The Morgan fingerprint density at radius 3 is 2.78 bits per heavy atom. The highest BCUT2D eigenvalue weighted by Gasteiger charge is 2.45. The highest BCUT2D eigenvalue weighted by atomic mass is 32.1. The Morgan fingerprint density at radius 2 is 2.04 bits per heavy atom. The molecule has 2 aliphatic rings. The van der Waals surface area contributed by atoms with Crippen LogP contribution in [0.2, 0.25) is 0 Å². The minimum Gasteiger partial charge on any atom is -0.337 e. The number of hydrogen-bond donors (Lipinski definition) is 0. The van der Waals surface area contributed by atoms with Crippen molar-refractivity contribution < 1.29 is 4.79 Å². The van der Waals surface area contributed by atoms with E-state index >= 15 is 0 Å². The van der Waals surface area contributed by atoms with Gasteiger partial charge < -0.3 is 9.47 Å². The number of rotatable bonds is 4. The number of hydrogen-bond acceptors (Lipinski definition) is 6. The number of nitrogens with zero attached hydrogens (tertiary/aromatic N) is 5. The predicted molar refractivity (Wildman–Crippen MR) is 106 cm³/mol. The van der Waals surface area contributed by atoms with Crippen LogP contribution in [0.4, 0.5) is 0 Å². The summed E-state index contributed by atoms with van der Waals surface area (Å²) in [6, 6.07) is 4.39. The van der Waals surface area contributed by atoms with Crippen molar-refractivity contribution in [2.75, 3.05) is 13.1 Å². The number of fused-ring (bicyclic) bond motifs is 3. The molecule has 3 aromatic heterocycles. The van der Waals surface area contributed by atoms with Gasteiger partial charge in [0.25, 0.3) is 5.91 Å². The summed E-state index contributed by atoms with van der Waals surface area (Å²) in [6.45, 7) is 7.40. The van der Waals surface area contributed by atoms with Gasteiger partial charge in [-0.2, -0.15) is 0 Å². The summed E-state index contributed by atoms with van der Waals surface area (Å²) in [7, 11) is 0. The Morgan fingerprint density at radius 1 is 1.19 bits per heavy atom. The molecule has 1 saturated heterocycles. The summed E-state index contributed by atoms with van der Waals surface area (Å²) in [4.78, 5) is 27.9. The number of thiazole rings is 2. The zero-order valence-corrected chi connectivity index (χ0v) is 17.0. The normalized spacial score (nSPS) is 22.3. The largest absolute Gasteiger partial charge is 0.337 e. The van der Waals surface area contributed by atoms with Crippen molar-refractivity contribution in [3.8, 4) is 0 Å². The molecule has 0 aromatic carbocycles. The van der Waals surface area contributed by atoms with E-state index in [0.29, 0.717) is 12.6 Å². The molecule has 1 amide bonds. The summed E-state index contributed by atoms with van der Waals surface area (Å²) < 4.78 is 2.18. The third-order valence-electron chi connectivity index (χ3n) is 5.56. The van der Waals surface area contributed by atoms with Crippen LogP contribution in [-0.2, 0) is 13.1 Å². The number of carbonyl (C=O) groups is 1. The molecule has 140 valence electrons. The van der Waals surface area contributed by atoms with Gasteiger partial charge in [-0.3, -0.25) is 9.69 Å². The standard InChI is InChI=1S/C19H21N5OS2/c1-12-18(27-11-20-12)9-22-7-16-17(8-22)24(6-14-10-26-13(2)21-14)19(25)15-4-3-5-23(15)16/h3-5,10-11,16-17H,6-9H2,1-2H3. The van der Waals surface area contributed by atoms with Gasteiger partial charge in [0.2, 0.25) is 0 Å². The lowest BCUT2D eigenvalue weighted by atomic mass is 10.1. The highest BCUT2D eigenvalue weighted by Crippen LogP contribution is 2.35. The summed E-state index contributed by atoms with van der Waals surface area (Å²) in [6.07, 6.45) is 2.05. The van der Waals surface area contributed by atoms with Crippen LogP contribution in [0.3, 0.4) is 0 Å². The van der Waals surface area contributed by atoms with Crippen LogP contribution in [0.5, 0.6) is 0 Å². The number of carbonyl (C=O) groups excluding carboxylic acids is 1. The molecule has 2 aliphatic heterocycles. The molecule has 5 heterocycles. The second-order valence-corrected chi connectivity index (χ2v) is 9.28. The van der Waals surface area contributed by atoms with Crippen molar-refractivity contribution in [1.29, 1.82) is 0 Å². The van der Waals surface area contributed by atoms with Gasteiger partial charge in [-0.25, -0.2) is 9.97 Å². The smallest absolute Gasteiger partial charge is 0.271 e. The first kappa shape index (κ1) is 17.1. The molecule has 27 heavy (non-hydrogen) atoms. The van der Waals surface area contributed by atoms with Gasteiger partial charge >= 0.3 is 0 Å². The zero-order chi connectivity index (χ0) is 18.5. The Labute approximate surface area is 166 Å². The van der Waals surface area contributed by atoms with Crippen LogP contribution in [0.25, 0.3) is 0 Å². The van der Waals surface area contributed by atoms with E-state index in [2.05, 4.69) is 37.9 Å². The van der Waals surface area contributed by atoms with E-state index in [1.54, 1.807) is 22.7 Å². The molecular weight excluding hydrogens is 378 g/mol. The lowest BCUT2D eigenvalue weighted by Crippen LogP contribution is -2.49. The van der Waals surface area contributed by atoms with E-state index in [0.717, 1.165) is 41.7 Å². The van der Waals surface area contributed by atoms with E-state index in [4.69, 9.17) is 0 Å². The molecule has 3 aromatic rings. The molecule has 0 aliphatic carbocycles. The fourth-order valence-corrected chi connectivity index (χ4v) is 5.67. The van der Waals surface area contributed by atoms with Gasteiger partial charge in [-0.05, 0) is 26.0 Å². The SMILES string of the molecule is Cc1nc(CN2C(=O)c3cccn3C3CN(Cc4scnc4C)CC32)cs1. The van der Waals surface area contributed by atoms with Crippen molar-refractivity contribution >= 4 is 28.6 Å². The highest BCUT2D eigenvalue weighted by molar-refractivity contribution is 7.09. The molecule has 0 bridgehead atoms. The molecule has 2 atom stereocenters. The first-order valence-electron chi connectivity index (χ1n) is 9.10. The van der Waals surface area contributed by atoms with Crippen molar-refractivity contribution in [1.82, 2.24) is 24.3 Å². The number of aryl methyl sites for hydroxylation is 2. The Hall–Kier alpha value is -2.03. The molecule has 1 fully saturated rings. The van der Waals surface area contributed by atoms with E-state index in [-0.39, 0.29) is 11.9 Å². The molecule has 0 spiro atoms. The number of likely N-dealkylation sites (tertiary alicyclic amines) is 1. The molecule has 6 nitrogen and oxygen atoms in total. The summed E-state index contributed by atoms with van der Waals surface area (Å²) in [5.74, 6) is 0.114. The third kappa shape index (κ3) is 2.92. The van der Waals surface area contributed by atoms with Crippen LogP contribution in [0.15, 0.2) is 29.2 Å². The average molecular weight is 400 g/mol. The monoisotopic (exact) mass is 399 g/mol. The Bertz CT molecular complexity index is 990. The maximum atomic E-state index is 13.2. The third-order valence-corrected chi connectivity index (χ3v) is 7.30. The molecule has 0 saturated carbocycles. The van der Waals surface area contributed by atoms with Gasteiger partial charge in [0.1, 0.15) is 5.69 Å². The second-order valence-electron chi connectivity index (χ2n) is 7.28. The van der Waals surface area contributed by atoms with E-state index in [1.807, 2.05) is 29.5 Å². The van der Waals surface area contributed by atoms with Gasteiger partial charge in [-0.15, -0.1) is 22.7 Å². The zero-order valence-electron chi connectivity index (χ0n) is 15.3. The second kappa shape index (κ2) is 6.54. The Balaban J connectivity index is 1.44. The van der Waals surface area contributed by atoms with Crippen molar-refractivity contribution in [3.05, 3.63) is 56.2 Å². The quantitative estimate of drug-likeness (QED) is 0.677. The molecule has 8 heteroatoms. The van der Waals surface area contributed by atoms with Gasteiger partial charge in [0, 0.05) is 36.1 Å². The lowest BCUT2D eigenvalue weighted by Gasteiger charge is -2.38. The fraction of sp³-hybridized carbons (Fsp3) is 0.421. The molecule has 2 unspecified atom stereocenters. The minimum atomic E-state index is 0.114. The van der Waals surface area contributed by atoms with Crippen LogP contribution >= 0.6 is 22.7 Å². The van der Waals surface area contributed by atoms with E-state index in [1.165, 1.54) is 4.88 Å². The molecule has 0 radical (unpaired) electrons. The molecule has 0 N–H and O–H groups in total. The van der Waals surface area contributed by atoms with Crippen LogP contribution in [0, 0.1) is 13.8 Å². The maximum absolute atomic E-state index is 13.2. The molecule has 5 rings (SSSR count). The van der Waals surface area contributed by atoms with Crippen LogP contribution in [-0.4, -0.2) is 49.4 Å². The van der Waals surface area contributed by atoms with Gasteiger partial charge in [-0.1, -0.05) is 0 Å². The number of amides is 1. The topological polar surface area (TPSA) is 54.3 Å². The summed E-state index contributed by atoms with van der Waals surface area (Å²) in [5.41, 5.74) is 4.81. The van der Waals surface area contributed by atoms with Gasteiger partial charge in [0.05, 0.1) is 40.5 Å². The molecular formula is C19H21N5OS2. The average Bonchev–Trinajstić information content (AvgIpc) is 3.40. The van der Waals surface area contributed by atoms with Gasteiger partial charge in [0.15, 0.2) is 0 Å². The predicted octanol–water partition coefficient (Wildman–Crippen LogP) is 3.10. The van der Waals surface area contributed by atoms with Crippen LogP contribution < -0.4 is 0 Å². The first-order valence-corrected chi connectivity index (χ1v) is 10.9. The minimum absolute atomic E-state index is 0.114. The summed E-state index contributed by atoms with van der Waals surface area (Å²) >= 11 is 3.36. The lowest BCUT2D eigenvalue weighted by molar-refractivity contribution is 0.0554. The van der Waals surface area contributed by atoms with E-state index < -0.39 is 0 Å². The van der Waals surface area contributed by atoms with Crippen molar-refractivity contribution in [3.63, 3.8) is 0 Å². The van der Waals surface area contributed by atoms with Crippen LogP contribution in [0.1, 0.15) is 37.8 Å². The maximum Gasteiger partial charge on any atom is 0.271 e. The van der Waals surface area contributed by atoms with E-state index in [9.17, 15) is 4.79 Å². The fourth-order valence-electron chi connectivity index (χ4n) is 4.24. The summed E-state index contributed by atoms with van der Waals surface area (Å²) in [5, 5.41) is 3.11. The number of aromatic nitrogens is 3. The Kier molecular flexibility index (Phi) is 4.14. The van der Waals surface area contributed by atoms with Crippen molar-refractivity contribution in [2.45, 2.75) is 39.0 Å².